The summed E-state index contributed by atoms with van der Waals surface area (Å²) in [6.07, 6.45) is 0. The molecule has 0 aliphatic heterocycles. The zero-order valence-electron chi connectivity index (χ0n) is 11.1. The number of thiazole rings is 1. The van der Waals surface area contributed by atoms with Crippen LogP contribution in [0.3, 0.4) is 0 Å². The quantitative estimate of drug-likeness (QED) is 0.897. The lowest BCUT2D eigenvalue weighted by atomic mass is 10.2. The summed E-state index contributed by atoms with van der Waals surface area (Å²) in [5.74, 6) is 0. The minimum atomic E-state index is 0.915. The van der Waals surface area contributed by atoms with Gasteiger partial charge in [-0.15, -0.1) is 11.3 Å². The summed E-state index contributed by atoms with van der Waals surface area (Å²) in [7, 11) is 4.08. The predicted octanol–water partition coefficient (Wildman–Crippen LogP) is 2.81. The topological polar surface area (TPSA) is 28.2 Å². The Balaban J connectivity index is 2.04. The van der Waals surface area contributed by atoms with Crippen molar-refractivity contribution in [2.45, 2.75) is 20.0 Å². The third-order valence-corrected chi connectivity index (χ3v) is 3.90. The first-order valence-corrected chi connectivity index (χ1v) is 6.92. The van der Waals surface area contributed by atoms with Gasteiger partial charge in [0.25, 0.3) is 0 Å². The van der Waals surface area contributed by atoms with Crippen molar-refractivity contribution < 1.29 is 0 Å². The van der Waals surface area contributed by atoms with Gasteiger partial charge in [0.2, 0.25) is 0 Å². The Kier molecular flexibility index (Phi) is 4.33. The average Bonchev–Trinajstić information content (AvgIpc) is 2.76. The van der Waals surface area contributed by atoms with Crippen molar-refractivity contribution in [3.8, 4) is 0 Å². The summed E-state index contributed by atoms with van der Waals surface area (Å²) >= 11 is 1.72. The summed E-state index contributed by atoms with van der Waals surface area (Å²) in [5.41, 5.74) is 5.60. The fourth-order valence-electron chi connectivity index (χ4n) is 1.86. The van der Waals surface area contributed by atoms with Gasteiger partial charge in [-0.3, -0.25) is 0 Å². The number of aryl methyl sites for hydroxylation is 1. The number of hydrogen-bond acceptors (Lipinski definition) is 4. The highest BCUT2D eigenvalue weighted by Gasteiger charge is 2.06. The van der Waals surface area contributed by atoms with Crippen LogP contribution < -0.4 is 10.2 Å². The van der Waals surface area contributed by atoms with E-state index in [0.29, 0.717) is 0 Å². The summed E-state index contributed by atoms with van der Waals surface area (Å²) in [4.78, 5) is 7.87. The molecule has 1 N–H and O–H groups in total. The Hall–Kier alpha value is -1.39. The number of hydrogen-bond donors (Lipinski definition) is 1. The molecular weight excluding hydrogens is 242 g/mol. The zero-order chi connectivity index (χ0) is 13.0. The van der Waals surface area contributed by atoms with Gasteiger partial charge in [0, 0.05) is 24.2 Å². The highest BCUT2D eigenvalue weighted by atomic mass is 32.1. The molecule has 0 saturated carbocycles. The largest absolute Gasteiger partial charge is 0.369 e. The molecule has 96 valence electrons. The van der Waals surface area contributed by atoms with Gasteiger partial charge in [0.1, 0.15) is 0 Å². The smallest absolute Gasteiger partial charge is 0.0798 e. The summed E-state index contributed by atoms with van der Waals surface area (Å²) in [5, 5.41) is 3.16. The van der Waals surface area contributed by atoms with Crippen LogP contribution in [0.1, 0.15) is 16.1 Å². The van der Waals surface area contributed by atoms with E-state index >= 15 is 0 Å². The predicted molar refractivity (Wildman–Crippen MR) is 78.2 cm³/mol. The van der Waals surface area contributed by atoms with Gasteiger partial charge >= 0.3 is 0 Å². The SMILES string of the molecule is CNCc1ccc(N(C)Cc2scnc2C)cc1. The summed E-state index contributed by atoms with van der Waals surface area (Å²) < 4.78 is 0. The van der Waals surface area contributed by atoms with E-state index in [1.807, 2.05) is 12.6 Å². The van der Waals surface area contributed by atoms with Gasteiger partial charge in [-0.05, 0) is 31.7 Å². The lowest BCUT2D eigenvalue weighted by Crippen LogP contribution is -2.16. The molecule has 0 fully saturated rings. The Morgan fingerprint density at radius 1 is 1.28 bits per heavy atom. The molecule has 1 aromatic heterocycles. The molecule has 0 aliphatic rings. The lowest BCUT2D eigenvalue weighted by molar-refractivity contribution is 0.817. The van der Waals surface area contributed by atoms with E-state index in [0.717, 1.165) is 18.8 Å². The second-order valence-electron chi connectivity index (χ2n) is 4.41. The van der Waals surface area contributed by atoms with Crippen molar-refractivity contribution in [1.29, 1.82) is 0 Å². The van der Waals surface area contributed by atoms with Crippen LogP contribution in [0.25, 0.3) is 0 Å². The third-order valence-electron chi connectivity index (χ3n) is 2.98. The van der Waals surface area contributed by atoms with Gasteiger partial charge in [-0.2, -0.15) is 0 Å². The monoisotopic (exact) mass is 261 g/mol. The van der Waals surface area contributed by atoms with Gasteiger partial charge in [-0.1, -0.05) is 12.1 Å². The Morgan fingerprint density at radius 3 is 2.56 bits per heavy atom. The summed E-state index contributed by atoms with van der Waals surface area (Å²) in [6.45, 7) is 3.90. The third kappa shape index (κ3) is 3.09. The maximum atomic E-state index is 4.29. The van der Waals surface area contributed by atoms with E-state index in [9.17, 15) is 0 Å². The van der Waals surface area contributed by atoms with E-state index in [2.05, 4.69) is 53.4 Å². The first-order valence-electron chi connectivity index (χ1n) is 6.04. The Bertz CT molecular complexity index is 490. The van der Waals surface area contributed by atoms with Crippen molar-refractivity contribution in [2.24, 2.45) is 0 Å². The molecule has 1 heterocycles. The molecule has 0 bridgehead atoms. The molecular formula is C14H19N3S. The van der Waals surface area contributed by atoms with Crippen LogP contribution in [-0.2, 0) is 13.1 Å². The maximum Gasteiger partial charge on any atom is 0.0798 e. The number of benzene rings is 1. The highest BCUT2D eigenvalue weighted by molar-refractivity contribution is 7.09. The molecule has 0 atom stereocenters. The fraction of sp³-hybridized carbons (Fsp3) is 0.357. The first kappa shape index (κ1) is 13.1. The molecule has 1 aromatic carbocycles. The normalized spacial score (nSPS) is 10.6. The molecule has 0 unspecified atom stereocenters. The average molecular weight is 261 g/mol. The van der Waals surface area contributed by atoms with Crippen molar-refractivity contribution in [3.05, 3.63) is 45.9 Å². The molecule has 0 saturated heterocycles. The van der Waals surface area contributed by atoms with Gasteiger partial charge < -0.3 is 10.2 Å². The summed E-state index contributed by atoms with van der Waals surface area (Å²) in [6, 6.07) is 8.68. The Labute approximate surface area is 112 Å². The van der Waals surface area contributed by atoms with Crippen LogP contribution in [0.2, 0.25) is 0 Å². The first-order chi connectivity index (χ1) is 8.70. The molecule has 0 aliphatic carbocycles. The van der Waals surface area contributed by atoms with Crippen LogP contribution in [0, 0.1) is 6.92 Å². The second-order valence-corrected chi connectivity index (χ2v) is 5.35. The van der Waals surface area contributed by atoms with E-state index in [1.54, 1.807) is 11.3 Å². The van der Waals surface area contributed by atoms with E-state index in [-0.39, 0.29) is 0 Å². The van der Waals surface area contributed by atoms with Crippen molar-refractivity contribution in [2.75, 3.05) is 19.0 Å². The standard InChI is InChI=1S/C14H19N3S/c1-11-14(18-10-16-11)9-17(3)13-6-4-12(5-7-13)8-15-2/h4-7,10,15H,8-9H2,1-3H3. The lowest BCUT2D eigenvalue weighted by Gasteiger charge is -2.19. The number of nitrogens with one attached hydrogen (secondary N) is 1. The number of rotatable bonds is 5. The number of aromatic nitrogens is 1. The maximum absolute atomic E-state index is 4.29. The molecule has 0 radical (unpaired) electrons. The van der Waals surface area contributed by atoms with Crippen LogP contribution >= 0.6 is 11.3 Å². The van der Waals surface area contributed by atoms with Crippen LogP contribution in [0.5, 0.6) is 0 Å². The van der Waals surface area contributed by atoms with Crippen LogP contribution in [-0.4, -0.2) is 19.1 Å². The highest BCUT2D eigenvalue weighted by Crippen LogP contribution is 2.20. The molecule has 18 heavy (non-hydrogen) atoms. The van der Waals surface area contributed by atoms with Crippen LogP contribution in [0.15, 0.2) is 29.8 Å². The zero-order valence-corrected chi connectivity index (χ0v) is 11.9. The van der Waals surface area contributed by atoms with Crippen molar-refractivity contribution in [3.63, 3.8) is 0 Å². The molecule has 0 spiro atoms. The molecule has 4 heteroatoms. The number of nitrogens with zero attached hydrogens (tertiary/aromatic N) is 2. The van der Waals surface area contributed by atoms with Gasteiger partial charge in [-0.25, -0.2) is 4.98 Å². The van der Waals surface area contributed by atoms with Crippen LogP contribution in [0.4, 0.5) is 5.69 Å². The Morgan fingerprint density at radius 2 is 2.00 bits per heavy atom. The minimum Gasteiger partial charge on any atom is -0.369 e. The van der Waals surface area contributed by atoms with E-state index in [4.69, 9.17) is 0 Å². The van der Waals surface area contributed by atoms with E-state index in [1.165, 1.54) is 16.1 Å². The van der Waals surface area contributed by atoms with Gasteiger partial charge in [0.05, 0.1) is 17.7 Å². The molecule has 2 rings (SSSR count). The van der Waals surface area contributed by atoms with Crippen molar-refractivity contribution in [1.82, 2.24) is 10.3 Å². The fourth-order valence-corrected chi connectivity index (χ4v) is 2.69. The number of anilines is 1. The minimum absolute atomic E-state index is 0.915. The molecule has 3 nitrogen and oxygen atoms in total. The van der Waals surface area contributed by atoms with Gasteiger partial charge in [0.15, 0.2) is 0 Å². The van der Waals surface area contributed by atoms with Crippen molar-refractivity contribution >= 4 is 17.0 Å². The molecule has 0 amide bonds. The second kappa shape index (κ2) is 5.98. The van der Waals surface area contributed by atoms with E-state index < -0.39 is 0 Å². The molecule has 2 aromatic rings.